The largest absolute Gasteiger partial charge is 0.325 e. The van der Waals surface area contributed by atoms with Crippen molar-refractivity contribution in [2.24, 2.45) is 0 Å². The topological polar surface area (TPSA) is 108 Å². The molecule has 0 unspecified atom stereocenters. The molecule has 2 aromatic carbocycles. The summed E-state index contributed by atoms with van der Waals surface area (Å²) in [6.07, 6.45) is 2.50. The molecule has 1 aliphatic heterocycles. The average molecular weight is 451 g/mol. The van der Waals surface area contributed by atoms with Crippen LogP contribution in [-0.2, 0) is 9.59 Å². The zero-order chi connectivity index (χ0) is 24.0. The maximum Gasteiger partial charge on any atom is 0.325 e. The van der Waals surface area contributed by atoms with E-state index in [0.29, 0.717) is 24.2 Å². The molecule has 174 valence electrons. The standard InChI is InChI=1S/C25H30N4O4/c1-4-13-25(14-5-2)23(32)29(24(33)28-25)16-21(30)27-20-12-7-6-11-19(20)22(31)26-18-10-8-9-17(3)15-18/h6-12,15H,4-5,13-14,16H2,1-3H3,(H,26,31)(H,27,30)(H,28,33). The molecule has 0 aromatic heterocycles. The zero-order valence-corrected chi connectivity index (χ0v) is 19.2. The zero-order valence-electron chi connectivity index (χ0n) is 19.2. The number of amides is 5. The third-order valence-corrected chi connectivity index (χ3v) is 5.62. The predicted molar refractivity (Wildman–Crippen MR) is 127 cm³/mol. The fourth-order valence-corrected chi connectivity index (χ4v) is 4.18. The molecule has 0 bridgehead atoms. The molecule has 0 atom stereocenters. The van der Waals surface area contributed by atoms with E-state index in [2.05, 4.69) is 16.0 Å². The van der Waals surface area contributed by atoms with Crippen molar-refractivity contribution in [1.82, 2.24) is 10.2 Å². The first-order valence-corrected chi connectivity index (χ1v) is 11.2. The highest BCUT2D eigenvalue weighted by Crippen LogP contribution is 2.28. The van der Waals surface area contributed by atoms with Crippen molar-refractivity contribution in [1.29, 1.82) is 0 Å². The number of hydrogen-bond acceptors (Lipinski definition) is 4. The third kappa shape index (κ3) is 5.39. The summed E-state index contributed by atoms with van der Waals surface area (Å²) < 4.78 is 0. The molecule has 1 fully saturated rings. The molecule has 0 saturated carbocycles. The number of benzene rings is 2. The van der Waals surface area contributed by atoms with Gasteiger partial charge in [-0.05, 0) is 49.6 Å². The predicted octanol–water partition coefficient (Wildman–Crippen LogP) is 4.08. The summed E-state index contributed by atoms with van der Waals surface area (Å²) in [6.45, 7) is 5.40. The highest BCUT2D eigenvalue weighted by molar-refractivity contribution is 6.12. The normalized spacial score (nSPS) is 14.7. The lowest BCUT2D eigenvalue weighted by Gasteiger charge is -2.25. The molecule has 1 saturated heterocycles. The summed E-state index contributed by atoms with van der Waals surface area (Å²) in [5.74, 6) is -1.31. The van der Waals surface area contributed by atoms with E-state index >= 15 is 0 Å². The van der Waals surface area contributed by atoms with Crippen LogP contribution >= 0.6 is 0 Å². The number of nitrogens with zero attached hydrogens (tertiary/aromatic N) is 1. The van der Waals surface area contributed by atoms with E-state index in [-0.39, 0.29) is 17.4 Å². The molecule has 8 nitrogen and oxygen atoms in total. The summed E-state index contributed by atoms with van der Waals surface area (Å²) in [5, 5.41) is 8.29. The second-order valence-corrected chi connectivity index (χ2v) is 8.32. The number of rotatable bonds is 9. The Morgan fingerprint density at radius 2 is 1.67 bits per heavy atom. The second kappa shape index (κ2) is 10.3. The molecule has 1 heterocycles. The smallest absolute Gasteiger partial charge is 0.324 e. The van der Waals surface area contributed by atoms with Crippen LogP contribution in [0, 0.1) is 6.92 Å². The second-order valence-electron chi connectivity index (χ2n) is 8.32. The maximum atomic E-state index is 13.0. The van der Waals surface area contributed by atoms with Crippen LogP contribution in [0.1, 0.15) is 55.5 Å². The number of nitrogens with one attached hydrogen (secondary N) is 3. The number of hydrogen-bond donors (Lipinski definition) is 3. The van der Waals surface area contributed by atoms with Gasteiger partial charge >= 0.3 is 6.03 Å². The highest BCUT2D eigenvalue weighted by atomic mass is 16.2. The Bertz CT molecular complexity index is 1060. The van der Waals surface area contributed by atoms with E-state index < -0.39 is 24.0 Å². The number of aryl methyl sites for hydroxylation is 1. The van der Waals surface area contributed by atoms with E-state index in [1.54, 1.807) is 30.3 Å². The van der Waals surface area contributed by atoms with Crippen molar-refractivity contribution in [2.45, 2.75) is 52.0 Å². The Balaban J connectivity index is 1.72. The molecule has 0 aliphatic carbocycles. The van der Waals surface area contributed by atoms with Crippen LogP contribution in [0.4, 0.5) is 16.2 Å². The van der Waals surface area contributed by atoms with Gasteiger partial charge in [-0.25, -0.2) is 4.79 Å². The molecule has 3 rings (SSSR count). The summed E-state index contributed by atoms with van der Waals surface area (Å²) in [7, 11) is 0. The summed E-state index contributed by atoms with van der Waals surface area (Å²) in [6, 6.07) is 13.4. The van der Waals surface area contributed by atoms with Crippen LogP contribution in [0.15, 0.2) is 48.5 Å². The van der Waals surface area contributed by atoms with Crippen LogP contribution in [0.2, 0.25) is 0 Å². The Labute approximate surface area is 193 Å². The first-order chi connectivity index (χ1) is 15.8. The number of anilines is 2. The third-order valence-electron chi connectivity index (χ3n) is 5.62. The van der Waals surface area contributed by atoms with Gasteiger partial charge in [-0.15, -0.1) is 0 Å². The lowest BCUT2D eigenvalue weighted by Crippen LogP contribution is -2.47. The van der Waals surface area contributed by atoms with E-state index in [9.17, 15) is 19.2 Å². The Morgan fingerprint density at radius 1 is 0.970 bits per heavy atom. The highest BCUT2D eigenvalue weighted by Gasteiger charge is 2.50. The Hall–Kier alpha value is -3.68. The maximum absolute atomic E-state index is 13.0. The number of carbonyl (C=O) groups is 4. The van der Waals surface area contributed by atoms with Crippen LogP contribution in [0.3, 0.4) is 0 Å². The average Bonchev–Trinajstić information content (AvgIpc) is 2.98. The first-order valence-electron chi connectivity index (χ1n) is 11.2. The molecule has 5 amide bonds. The molecule has 0 radical (unpaired) electrons. The number of carbonyl (C=O) groups excluding carboxylic acids is 4. The molecule has 8 heteroatoms. The van der Waals surface area contributed by atoms with Gasteiger partial charge in [-0.1, -0.05) is 51.0 Å². The van der Waals surface area contributed by atoms with Crippen LogP contribution in [0.5, 0.6) is 0 Å². The summed E-state index contributed by atoms with van der Waals surface area (Å²) in [5.41, 5.74) is 1.27. The van der Waals surface area contributed by atoms with Gasteiger partial charge in [0.15, 0.2) is 0 Å². The van der Waals surface area contributed by atoms with Gasteiger partial charge in [-0.2, -0.15) is 0 Å². The van der Waals surface area contributed by atoms with Crippen molar-refractivity contribution in [3.05, 3.63) is 59.7 Å². The van der Waals surface area contributed by atoms with Gasteiger partial charge in [0.05, 0.1) is 11.3 Å². The Kier molecular flexibility index (Phi) is 7.48. The number of urea groups is 1. The number of para-hydroxylation sites is 1. The summed E-state index contributed by atoms with van der Waals surface area (Å²) >= 11 is 0. The minimum Gasteiger partial charge on any atom is -0.324 e. The van der Waals surface area contributed by atoms with E-state index in [1.807, 2.05) is 39.0 Å². The van der Waals surface area contributed by atoms with Gasteiger partial charge in [0, 0.05) is 5.69 Å². The lowest BCUT2D eigenvalue weighted by atomic mass is 9.88. The van der Waals surface area contributed by atoms with Crippen LogP contribution in [-0.4, -0.2) is 40.7 Å². The van der Waals surface area contributed by atoms with Gasteiger partial charge in [0.1, 0.15) is 12.1 Å². The quantitative estimate of drug-likeness (QED) is 0.500. The first kappa shape index (κ1) is 24.0. The molecule has 0 spiro atoms. The van der Waals surface area contributed by atoms with E-state index in [1.165, 1.54) is 0 Å². The van der Waals surface area contributed by atoms with Crippen molar-refractivity contribution in [2.75, 3.05) is 17.2 Å². The minimum absolute atomic E-state index is 0.274. The molecule has 1 aliphatic rings. The molecule has 2 aromatic rings. The fourth-order valence-electron chi connectivity index (χ4n) is 4.18. The summed E-state index contributed by atoms with van der Waals surface area (Å²) in [4.78, 5) is 52.0. The van der Waals surface area contributed by atoms with Gasteiger partial charge in [0.2, 0.25) is 5.91 Å². The van der Waals surface area contributed by atoms with Crippen molar-refractivity contribution in [3.8, 4) is 0 Å². The SMILES string of the molecule is CCCC1(CCC)NC(=O)N(CC(=O)Nc2ccccc2C(=O)Nc2cccc(C)c2)C1=O. The van der Waals surface area contributed by atoms with Gasteiger partial charge in [-0.3, -0.25) is 19.3 Å². The van der Waals surface area contributed by atoms with Crippen molar-refractivity contribution < 1.29 is 19.2 Å². The van der Waals surface area contributed by atoms with Gasteiger partial charge in [0.25, 0.3) is 11.8 Å². The minimum atomic E-state index is -0.952. The number of imide groups is 1. The fraction of sp³-hybridized carbons (Fsp3) is 0.360. The van der Waals surface area contributed by atoms with Crippen LogP contribution in [0.25, 0.3) is 0 Å². The van der Waals surface area contributed by atoms with Crippen molar-refractivity contribution in [3.63, 3.8) is 0 Å². The van der Waals surface area contributed by atoms with E-state index in [0.717, 1.165) is 23.3 Å². The molecular weight excluding hydrogens is 420 g/mol. The van der Waals surface area contributed by atoms with Gasteiger partial charge < -0.3 is 16.0 Å². The monoisotopic (exact) mass is 450 g/mol. The lowest BCUT2D eigenvalue weighted by molar-refractivity contribution is -0.134. The van der Waals surface area contributed by atoms with Crippen LogP contribution < -0.4 is 16.0 Å². The molecule has 3 N–H and O–H groups in total. The van der Waals surface area contributed by atoms with E-state index in [4.69, 9.17) is 0 Å². The Morgan fingerprint density at radius 3 is 2.33 bits per heavy atom. The van der Waals surface area contributed by atoms with Crippen molar-refractivity contribution >= 4 is 35.1 Å². The molecule has 33 heavy (non-hydrogen) atoms. The molecular formula is C25H30N4O4.